The molecule has 4 aromatic heterocycles. The van der Waals surface area contributed by atoms with Crippen LogP contribution in [0.5, 0.6) is 0 Å². The van der Waals surface area contributed by atoms with Crippen molar-refractivity contribution >= 4 is 50.5 Å². The predicted molar refractivity (Wildman–Crippen MR) is 354 cm³/mol. The normalized spacial score (nSPS) is 14.1. The van der Waals surface area contributed by atoms with Crippen LogP contribution in [0.4, 0.5) is 33.2 Å². The van der Waals surface area contributed by atoms with Crippen LogP contribution in [0.3, 0.4) is 0 Å². The molecule has 4 N–H and O–H groups in total. The number of hydrogen-bond donors (Lipinski definition) is 3. The van der Waals surface area contributed by atoms with Gasteiger partial charge in [0.05, 0.1) is 32.6 Å². The highest BCUT2D eigenvalue weighted by molar-refractivity contribution is 9.10. The molecular formula is C66H79BrN16O6. The van der Waals surface area contributed by atoms with E-state index in [1.807, 2.05) is 149 Å². The zero-order valence-electron chi connectivity index (χ0n) is 52.4. The Hall–Kier alpha value is -9.82. The van der Waals surface area contributed by atoms with E-state index in [9.17, 15) is 25.0 Å². The molecule has 0 radical (unpaired) electrons. The standard InChI is InChI=1S/C21H30N4O2.C17H21N5.C11H11N3O2.C11H13N3.C6H4BrNO2/c1-15-19(14-24(5)23-15)17-7-6-8-18(11-17)22-12-16-9-10-25(13-16)20(26)27-21(2,3)4;1-13-17(11-21(2)20-13)15-4-3-5-16(8-15)19-9-14-6-7-22(10-14)12-18;1-8-11(7-13(2)12-8)9-4-3-5-10(6-9)14(15)16;1-8-11(7-14(2)13-8)9-4-3-5-10(12)6-9;7-5-2-1-3-6(4-5)8(9)10/h6-8,11,14,16,22H,9-10,12-13H2,1-5H3;3-5,8,11,14,19H,6-7,9-10H2,1-2H3;3-7H,1-2H3;3-7H,12H2,1-2H3;1-4H. The number of non-ortho nitro benzene ring substituents is 2. The van der Waals surface area contributed by atoms with Crippen LogP contribution in [0, 0.1) is 71.2 Å². The molecule has 23 heteroatoms. The summed E-state index contributed by atoms with van der Waals surface area (Å²) >= 11 is 3.13. The number of nitrogens with zero attached hydrogens (tertiary/aromatic N) is 13. The smallest absolute Gasteiger partial charge is 0.410 e. The Morgan fingerprint density at radius 1 is 0.607 bits per heavy atom. The summed E-state index contributed by atoms with van der Waals surface area (Å²) in [7, 11) is 7.63. The highest BCUT2D eigenvalue weighted by Crippen LogP contribution is 2.30. The van der Waals surface area contributed by atoms with E-state index in [-0.39, 0.29) is 17.5 Å². The average molecular weight is 1270 g/mol. The number of anilines is 3. The number of nitrogens with one attached hydrogen (secondary N) is 2. The summed E-state index contributed by atoms with van der Waals surface area (Å²) in [6, 6.07) is 37.5. The van der Waals surface area contributed by atoms with E-state index in [2.05, 4.69) is 108 Å². The van der Waals surface area contributed by atoms with Crippen LogP contribution in [0.25, 0.3) is 44.5 Å². The van der Waals surface area contributed by atoms with Crippen molar-refractivity contribution < 1.29 is 19.4 Å². The number of nitro groups is 2. The lowest BCUT2D eigenvalue weighted by atomic mass is 10.1. The maximum absolute atomic E-state index is 12.2. The number of aromatic nitrogens is 8. The number of nitrogens with two attached hydrogens (primary N) is 1. The van der Waals surface area contributed by atoms with E-state index in [0.717, 1.165) is 130 Å². The molecular weight excluding hydrogens is 1190 g/mol. The summed E-state index contributed by atoms with van der Waals surface area (Å²) in [5.74, 6) is 0.977. The molecule has 0 saturated carbocycles. The minimum Gasteiger partial charge on any atom is -0.444 e. The first-order valence-corrected chi connectivity index (χ1v) is 29.9. The highest BCUT2D eigenvalue weighted by Gasteiger charge is 2.30. The fraction of sp³-hybridized carbons (Fsp3) is 0.333. The molecule has 89 heavy (non-hydrogen) atoms. The topological polar surface area (TPSA) is 264 Å². The van der Waals surface area contributed by atoms with Gasteiger partial charge in [0.15, 0.2) is 6.19 Å². The number of halogens is 1. The van der Waals surface area contributed by atoms with E-state index in [0.29, 0.717) is 11.8 Å². The second-order valence-electron chi connectivity index (χ2n) is 23.1. The summed E-state index contributed by atoms with van der Waals surface area (Å²) in [5, 5.41) is 54.1. The first-order valence-electron chi connectivity index (χ1n) is 29.1. The Morgan fingerprint density at radius 2 is 1.00 bits per heavy atom. The molecule has 6 heterocycles. The Labute approximate surface area is 528 Å². The molecule has 2 atom stereocenters. The largest absolute Gasteiger partial charge is 0.444 e. The molecule has 466 valence electrons. The van der Waals surface area contributed by atoms with Gasteiger partial charge in [-0.05, 0) is 138 Å². The number of carbonyl (C=O) groups excluding carboxylic acids is 1. The van der Waals surface area contributed by atoms with Crippen molar-refractivity contribution in [2.45, 2.75) is 66.9 Å². The first kappa shape index (κ1) is 66.7. The van der Waals surface area contributed by atoms with Gasteiger partial charge in [0.25, 0.3) is 11.4 Å². The minimum atomic E-state index is -0.446. The van der Waals surface area contributed by atoms with Crippen molar-refractivity contribution in [3.05, 3.63) is 194 Å². The van der Waals surface area contributed by atoms with Crippen molar-refractivity contribution in [2.75, 3.05) is 55.6 Å². The van der Waals surface area contributed by atoms with E-state index >= 15 is 0 Å². The third-order valence-electron chi connectivity index (χ3n) is 14.5. The number of nitrogen functional groups attached to an aromatic ring is 1. The summed E-state index contributed by atoms with van der Waals surface area (Å²) in [6.07, 6.45) is 12.1. The SMILES string of the molecule is Cc1nn(C)cc1-c1cccc(N)c1.Cc1nn(C)cc1-c1cccc(NCC2CCN(C#N)C2)c1.Cc1nn(C)cc1-c1cccc(NCC2CCN(C(=O)OC(C)(C)C)C2)c1.Cc1nn(C)cc1-c1cccc([N+](=O)[O-])c1.O=[N+]([O-])c1cccc(Br)c1. The van der Waals surface area contributed by atoms with Gasteiger partial charge in [-0.15, -0.1) is 0 Å². The molecule has 2 saturated heterocycles. The summed E-state index contributed by atoms with van der Waals surface area (Å²) in [5.41, 5.74) is 21.1. The highest BCUT2D eigenvalue weighted by atomic mass is 79.9. The van der Waals surface area contributed by atoms with Crippen LogP contribution >= 0.6 is 15.9 Å². The third-order valence-corrected chi connectivity index (χ3v) is 15.0. The van der Waals surface area contributed by atoms with Gasteiger partial charge >= 0.3 is 6.09 Å². The molecule has 2 unspecified atom stereocenters. The van der Waals surface area contributed by atoms with Crippen LogP contribution in [-0.4, -0.2) is 110 Å². The third kappa shape index (κ3) is 19.9. The number of amides is 1. The average Bonchev–Trinajstić information content (AvgIpc) is 2.34. The molecule has 9 aromatic rings. The van der Waals surface area contributed by atoms with Gasteiger partial charge in [-0.2, -0.15) is 25.7 Å². The number of likely N-dealkylation sites (tertiary alicyclic amines) is 2. The number of benzene rings is 5. The fourth-order valence-corrected chi connectivity index (χ4v) is 10.7. The van der Waals surface area contributed by atoms with Crippen LogP contribution in [0.2, 0.25) is 0 Å². The van der Waals surface area contributed by atoms with Gasteiger partial charge in [-0.1, -0.05) is 70.5 Å². The number of aryl methyl sites for hydroxylation is 8. The molecule has 0 bridgehead atoms. The van der Waals surface area contributed by atoms with Crippen LogP contribution in [-0.2, 0) is 32.9 Å². The number of nitro benzene ring substituents is 2. The molecule has 1 amide bonds. The quantitative estimate of drug-likeness (QED) is 0.0444. The number of hydrogen-bond acceptors (Lipinski definition) is 15. The Kier molecular flexibility index (Phi) is 23.0. The second-order valence-corrected chi connectivity index (χ2v) is 24.0. The Bertz CT molecular complexity index is 3910. The summed E-state index contributed by atoms with van der Waals surface area (Å²) in [4.78, 5) is 35.8. The maximum atomic E-state index is 12.2. The predicted octanol–water partition coefficient (Wildman–Crippen LogP) is 13.3. The fourth-order valence-electron chi connectivity index (χ4n) is 10.3. The maximum Gasteiger partial charge on any atom is 0.410 e. The van der Waals surface area contributed by atoms with Gasteiger partial charge in [0.1, 0.15) is 5.60 Å². The number of nitriles is 1. The van der Waals surface area contributed by atoms with Crippen LogP contribution in [0.1, 0.15) is 56.4 Å². The number of ether oxygens (including phenoxy) is 1. The van der Waals surface area contributed by atoms with Crippen LogP contribution < -0.4 is 16.4 Å². The summed E-state index contributed by atoms with van der Waals surface area (Å²) in [6.45, 7) is 18.6. The van der Waals surface area contributed by atoms with Crippen molar-refractivity contribution in [3.63, 3.8) is 0 Å². The molecule has 22 nitrogen and oxygen atoms in total. The minimum absolute atomic E-state index is 0.0979. The van der Waals surface area contributed by atoms with Crippen molar-refractivity contribution in [3.8, 4) is 50.7 Å². The molecule has 0 aliphatic carbocycles. The van der Waals surface area contributed by atoms with Gasteiger partial charge in [-0.25, -0.2) is 4.79 Å². The number of rotatable bonds is 12. The molecule has 2 aliphatic rings. The molecule has 2 fully saturated rings. The Balaban J connectivity index is 0.000000165. The van der Waals surface area contributed by atoms with E-state index in [1.54, 1.807) is 28.9 Å². The summed E-state index contributed by atoms with van der Waals surface area (Å²) < 4.78 is 13.4. The van der Waals surface area contributed by atoms with Crippen LogP contribution in [0.15, 0.2) is 151 Å². The van der Waals surface area contributed by atoms with Gasteiger partial charge in [-0.3, -0.25) is 39.0 Å². The zero-order chi connectivity index (χ0) is 64.5. The molecule has 2 aliphatic heterocycles. The van der Waals surface area contributed by atoms with Crippen molar-refractivity contribution in [1.29, 1.82) is 5.26 Å². The van der Waals surface area contributed by atoms with Crippen molar-refractivity contribution in [2.24, 2.45) is 40.0 Å². The Morgan fingerprint density at radius 3 is 1.38 bits per heavy atom. The van der Waals surface area contributed by atoms with Gasteiger partial charge in [0.2, 0.25) is 0 Å². The molecule has 0 spiro atoms. The molecule has 5 aromatic carbocycles. The van der Waals surface area contributed by atoms with E-state index in [4.69, 9.17) is 15.7 Å². The zero-order valence-corrected chi connectivity index (χ0v) is 54.0. The van der Waals surface area contributed by atoms with Gasteiger partial charge in [0, 0.05) is 160 Å². The number of carbonyl (C=O) groups is 1. The molecule has 11 rings (SSSR count). The van der Waals surface area contributed by atoms with Gasteiger partial charge < -0.3 is 30.9 Å². The van der Waals surface area contributed by atoms with E-state index in [1.165, 1.54) is 29.3 Å². The lowest BCUT2D eigenvalue weighted by Gasteiger charge is -2.24. The lowest BCUT2D eigenvalue weighted by molar-refractivity contribution is -0.385. The van der Waals surface area contributed by atoms with Crippen molar-refractivity contribution in [1.82, 2.24) is 48.9 Å². The monoisotopic (exact) mass is 1270 g/mol. The first-order chi connectivity index (χ1) is 42.3. The lowest BCUT2D eigenvalue weighted by Crippen LogP contribution is -2.35. The van der Waals surface area contributed by atoms with E-state index < -0.39 is 15.4 Å². The second kappa shape index (κ2) is 30.7.